The van der Waals surface area contributed by atoms with Gasteiger partial charge in [0.15, 0.2) is 11.5 Å². The third kappa shape index (κ3) is 5.10. The van der Waals surface area contributed by atoms with Crippen LogP contribution in [-0.2, 0) is 9.47 Å². The van der Waals surface area contributed by atoms with Gasteiger partial charge in [-0.1, -0.05) is 6.07 Å². The van der Waals surface area contributed by atoms with E-state index in [-0.39, 0.29) is 18.1 Å². The van der Waals surface area contributed by atoms with Gasteiger partial charge in [0.25, 0.3) is 5.91 Å². The van der Waals surface area contributed by atoms with Crippen LogP contribution in [0.2, 0.25) is 0 Å². The average Bonchev–Trinajstić information content (AvgIpc) is 3.58. The van der Waals surface area contributed by atoms with Crippen molar-refractivity contribution in [3.8, 4) is 22.8 Å². The van der Waals surface area contributed by atoms with E-state index in [9.17, 15) is 4.79 Å². The first kappa shape index (κ1) is 26.2. The van der Waals surface area contributed by atoms with Crippen LogP contribution in [0.15, 0.2) is 47.0 Å². The number of methoxy groups -OCH3 is 1. The number of nitrogens with one attached hydrogen (secondary N) is 3. The van der Waals surface area contributed by atoms with Crippen molar-refractivity contribution >= 4 is 39.7 Å². The molecule has 0 radical (unpaired) electrons. The maximum absolute atomic E-state index is 12.7. The molecule has 216 valence electrons. The first-order valence-corrected chi connectivity index (χ1v) is 13.9. The first-order valence-electron chi connectivity index (χ1n) is 13.9. The van der Waals surface area contributed by atoms with Crippen LogP contribution >= 0.6 is 0 Å². The summed E-state index contributed by atoms with van der Waals surface area (Å²) in [6.45, 7) is 4.15. The lowest BCUT2D eigenvalue weighted by atomic mass is 10.1. The van der Waals surface area contributed by atoms with Crippen LogP contribution in [0.25, 0.3) is 33.3 Å². The second-order valence-electron chi connectivity index (χ2n) is 10.4. The molecule has 5 aromatic rings. The summed E-state index contributed by atoms with van der Waals surface area (Å²) < 4.78 is 28.6. The fourth-order valence-electron chi connectivity index (χ4n) is 5.17. The smallest absolute Gasteiger partial charge is 0.251 e. The number of carbonyl (C=O) groups is 1. The second-order valence-corrected chi connectivity index (χ2v) is 10.4. The normalized spacial score (nSPS) is 16.0. The Labute approximate surface area is 240 Å². The summed E-state index contributed by atoms with van der Waals surface area (Å²) in [7, 11) is 1.55. The monoisotopic (exact) mass is 570 g/mol. The van der Waals surface area contributed by atoms with Crippen LogP contribution in [0.1, 0.15) is 29.1 Å². The third-order valence-corrected chi connectivity index (χ3v) is 7.43. The van der Waals surface area contributed by atoms with Crippen molar-refractivity contribution in [3.05, 3.63) is 54.0 Å². The summed E-state index contributed by atoms with van der Waals surface area (Å²) in [4.78, 5) is 29.9. The summed E-state index contributed by atoms with van der Waals surface area (Å²) in [5, 5.41) is 6.96. The maximum Gasteiger partial charge on any atom is 0.251 e. The third-order valence-electron chi connectivity index (χ3n) is 7.43. The van der Waals surface area contributed by atoms with E-state index >= 15 is 0 Å². The molecule has 12 nitrogen and oxygen atoms in total. The minimum Gasteiger partial charge on any atom is -0.495 e. The number of amides is 1. The van der Waals surface area contributed by atoms with E-state index in [1.807, 2.05) is 31.3 Å². The Balaban J connectivity index is 1.24. The molecule has 12 heteroatoms. The Hall–Kier alpha value is -4.68. The van der Waals surface area contributed by atoms with E-state index in [2.05, 4.69) is 20.6 Å². The molecule has 1 amide bonds. The molecule has 2 fully saturated rings. The number of oxazole rings is 1. The zero-order valence-corrected chi connectivity index (χ0v) is 23.2. The highest BCUT2D eigenvalue weighted by molar-refractivity contribution is 5.99. The van der Waals surface area contributed by atoms with Crippen LogP contribution in [0, 0.1) is 6.92 Å². The summed E-state index contributed by atoms with van der Waals surface area (Å²) in [6.07, 6.45) is 3.38. The van der Waals surface area contributed by atoms with Gasteiger partial charge in [0.2, 0.25) is 11.8 Å². The molecule has 2 aliphatic rings. The number of H-pyrrole nitrogens is 1. The molecule has 42 heavy (non-hydrogen) atoms. The van der Waals surface area contributed by atoms with E-state index in [4.69, 9.17) is 33.3 Å². The van der Waals surface area contributed by atoms with E-state index in [0.29, 0.717) is 72.4 Å². The van der Waals surface area contributed by atoms with Crippen molar-refractivity contribution in [1.29, 1.82) is 0 Å². The van der Waals surface area contributed by atoms with Crippen LogP contribution in [0.4, 0.5) is 11.6 Å². The Kier molecular flexibility index (Phi) is 6.84. The molecule has 2 aromatic carbocycles. The molecule has 7 rings (SSSR count). The number of nitrogens with zero attached hydrogens (tertiary/aromatic N) is 3. The molecular formula is C30H30N6O6. The molecule has 0 unspecified atom stereocenters. The Bertz CT molecular complexity index is 1770. The van der Waals surface area contributed by atoms with Crippen LogP contribution in [-0.4, -0.2) is 71.5 Å². The minimum atomic E-state index is -0.185. The SMILES string of the molecule is COc1cc(C(=O)NC2COC2)ccc1Nc1nc(OC2CCOCC2)c2c(-c3ccc4nc(C)oc4c3)c[nH]c2n1. The van der Waals surface area contributed by atoms with Crippen molar-refractivity contribution in [1.82, 2.24) is 25.3 Å². The average molecular weight is 571 g/mol. The largest absolute Gasteiger partial charge is 0.495 e. The van der Waals surface area contributed by atoms with Crippen LogP contribution in [0.3, 0.4) is 0 Å². The molecular weight excluding hydrogens is 540 g/mol. The van der Waals surface area contributed by atoms with Gasteiger partial charge in [0, 0.05) is 37.1 Å². The van der Waals surface area contributed by atoms with E-state index in [1.165, 1.54) is 0 Å². The number of aromatic amines is 1. The van der Waals surface area contributed by atoms with Crippen molar-refractivity contribution in [2.24, 2.45) is 0 Å². The van der Waals surface area contributed by atoms with Crippen LogP contribution in [0.5, 0.6) is 11.6 Å². The van der Waals surface area contributed by atoms with Gasteiger partial charge in [-0.25, -0.2) is 4.98 Å². The lowest BCUT2D eigenvalue weighted by Crippen LogP contribution is -2.48. The molecule has 5 heterocycles. The number of fused-ring (bicyclic) bond motifs is 2. The fraction of sp³-hybridized carbons (Fsp3) is 0.333. The number of anilines is 2. The topological polar surface area (TPSA) is 146 Å². The highest BCUT2D eigenvalue weighted by atomic mass is 16.5. The summed E-state index contributed by atoms with van der Waals surface area (Å²) in [5.74, 6) is 1.68. The Morgan fingerprint density at radius 1 is 1.05 bits per heavy atom. The highest BCUT2D eigenvalue weighted by Gasteiger charge is 2.24. The predicted molar refractivity (Wildman–Crippen MR) is 154 cm³/mol. The van der Waals surface area contributed by atoms with Gasteiger partial charge < -0.3 is 39.0 Å². The zero-order valence-electron chi connectivity index (χ0n) is 23.2. The summed E-state index contributed by atoms with van der Waals surface area (Å²) in [5.41, 5.74) is 5.01. The molecule has 2 aliphatic heterocycles. The fourth-order valence-corrected chi connectivity index (χ4v) is 5.17. The minimum absolute atomic E-state index is 0.0306. The molecule has 0 bridgehead atoms. The number of ether oxygens (including phenoxy) is 4. The molecule has 2 saturated heterocycles. The Morgan fingerprint density at radius 2 is 1.90 bits per heavy atom. The zero-order chi connectivity index (χ0) is 28.6. The van der Waals surface area contributed by atoms with E-state index in [1.54, 1.807) is 25.3 Å². The molecule has 0 saturated carbocycles. The van der Waals surface area contributed by atoms with Crippen LogP contribution < -0.4 is 20.1 Å². The molecule has 0 atom stereocenters. The van der Waals surface area contributed by atoms with Gasteiger partial charge in [0.1, 0.15) is 23.0 Å². The first-order chi connectivity index (χ1) is 20.5. The summed E-state index contributed by atoms with van der Waals surface area (Å²) >= 11 is 0. The number of hydrogen-bond donors (Lipinski definition) is 3. The molecule has 3 N–H and O–H groups in total. The van der Waals surface area contributed by atoms with Crippen molar-refractivity contribution in [3.63, 3.8) is 0 Å². The number of aromatic nitrogens is 4. The van der Waals surface area contributed by atoms with Gasteiger partial charge in [0.05, 0.1) is 50.7 Å². The van der Waals surface area contributed by atoms with E-state index < -0.39 is 0 Å². The van der Waals surface area contributed by atoms with Gasteiger partial charge in [-0.15, -0.1) is 0 Å². The summed E-state index contributed by atoms with van der Waals surface area (Å²) in [6, 6.07) is 11.1. The van der Waals surface area contributed by atoms with Gasteiger partial charge >= 0.3 is 0 Å². The van der Waals surface area contributed by atoms with Crippen molar-refractivity contribution in [2.45, 2.75) is 31.9 Å². The number of hydrogen-bond acceptors (Lipinski definition) is 10. The number of aryl methyl sites for hydroxylation is 1. The molecule has 0 spiro atoms. The number of carbonyl (C=O) groups excluding carboxylic acids is 1. The van der Waals surface area contributed by atoms with Crippen molar-refractivity contribution in [2.75, 3.05) is 38.9 Å². The standard InChI is InChI=1S/C30H30N6O6/c1-16-32-23-5-3-17(11-25(23)41-16)21-13-31-27-26(21)29(42-20-7-9-39-10-8-20)36-30(35-27)34-22-6-4-18(12-24(22)38-2)28(37)33-19-14-40-15-19/h3-6,11-13,19-20H,7-10,14-15H2,1-2H3,(H,33,37)(H2,31,34,35,36). The van der Waals surface area contributed by atoms with Gasteiger partial charge in [-0.2, -0.15) is 9.97 Å². The number of benzene rings is 2. The highest BCUT2D eigenvalue weighted by Crippen LogP contribution is 2.38. The Morgan fingerprint density at radius 3 is 2.69 bits per heavy atom. The maximum atomic E-state index is 12.7. The second kappa shape index (κ2) is 11.0. The lowest BCUT2D eigenvalue weighted by molar-refractivity contribution is -0.00346. The quantitative estimate of drug-likeness (QED) is 0.244. The number of rotatable bonds is 8. The molecule has 0 aliphatic carbocycles. The van der Waals surface area contributed by atoms with Crippen molar-refractivity contribution < 1.29 is 28.2 Å². The molecule has 3 aromatic heterocycles. The lowest BCUT2D eigenvalue weighted by Gasteiger charge is -2.26. The van der Waals surface area contributed by atoms with E-state index in [0.717, 1.165) is 34.9 Å². The van der Waals surface area contributed by atoms with Gasteiger partial charge in [-0.3, -0.25) is 4.79 Å². The van der Waals surface area contributed by atoms with Gasteiger partial charge in [-0.05, 0) is 35.9 Å². The predicted octanol–water partition coefficient (Wildman–Crippen LogP) is 4.51.